The van der Waals surface area contributed by atoms with Crippen molar-refractivity contribution in [3.05, 3.63) is 73.7 Å². The van der Waals surface area contributed by atoms with Crippen LogP contribution in [-0.4, -0.2) is 23.3 Å². The molecule has 0 heterocycles. The van der Waals surface area contributed by atoms with E-state index in [0.717, 1.165) is 4.47 Å². The van der Waals surface area contributed by atoms with Crippen molar-refractivity contribution < 1.29 is 19.2 Å². The number of esters is 1. The Hall–Kier alpha value is -2.54. The van der Waals surface area contributed by atoms with E-state index in [2.05, 4.69) is 15.9 Å². The lowest BCUT2D eigenvalue weighted by atomic mass is 10.1. The molecule has 0 saturated carbocycles. The van der Waals surface area contributed by atoms with Gasteiger partial charge in [0.2, 0.25) is 0 Å². The molecule has 0 aliphatic carbocycles. The van der Waals surface area contributed by atoms with Gasteiger partial charge in [-0.1, -0.05) is 28.1 Å². The fourth-order valence-corrected chi connectivity index (χ4v) is 2.35. The Morgan fingerprint density at radius 3 is 2.52 bits per heavy atom. The summed E-state index contributed by atoms with van der Waals surface area (Å²) in [4.78, 5) is 34.1. The number of benzene rings is 2. The molecule has 6 nitrogen and oxygen atoms in total. The van der Waals surface area contributed by atoms with Crippen LogP contribution in [-0.2, 0) is 4.74 Å². The third kappa shape index (κ3) is 4.23. The van der Waals surface area contributed by atoms with Crippen molar-refractivity contribution >= 4 is 33.4 Å². The van der Waals surface area contributed by atoms with Gasteiger partial charge in [-0.3, -0.25) is 14.9 Å². The predicted octanol–water partition coefficient (Wildman–Crippen LogP) is 3.71. The molecule has 0 bridgehead atoms. The Labute approximate surface area is 140 Å². The van der Waals surface area contributed by atoms with Crippen molar-refractivity contribution in [3.63, 3.8) is 0 Å². The van der Waals surface area contributed by atoms with Gasteiger partial charge in [-0.25, -0.2) is 4.79 Å². The summed E-state index contributed by atoms with van der Waals surface area (Å²) in [5, 5.41) is 10.7. The maximum absolute atomic E-state index is 12.0. The first-order valence-corrected chi connectivity index (χ1v) is 7.38. The van der Waals surface area contributed by atoms with Crippen LogP contribution in [0.5, 0.6) is 0 Å². The minimum Gasteiger partial charge on any atom is -0.454 e. The number of ketones is 1. The Bertz CT molecular complexity index is 788. The number of halogens is 1. The highest BCUT2D eigenvalue weighted by molar-refractivity contribution is 9.10. The van der Waals surface area contributed by atoms with E-state index < -0.39 is 17.5 Å². The van der Waals surface area contributed by atoms with E-state index in [9.17, 15) is 19.7 Å². The molecule has 0 aliphatic rings. The molecular formula is C16H12BrNO5. The van der Waals surface area contributed by atoms with Gasteiger partial charge in [-0.05, 0) is 31.2 Å². The topological polar surface area (TPSA) is 86.5 Å². The second kappa shape index (κ2) is 7.15. The standard InChI is InChI=1S/C16H12BrNO5/c1-10-7-12(5-6-14(10)18(21)22)16(20)23-9-15(19)11-3-2-4-13(17)8-11/h2-8H,9H2,1H3. The zero-order chi connectivity index (χ0) is 17.0. The highest BCUT2D eigenvalue weighted by Gasteiger charge is 2.16. The smallest absolute Gasteiger partial charge is 0.338 e. The average molecular weight is 378 g/mol. The van der Waals surface area contributed by atoms with Crippen molar-refractivity contribution in [2.24, 2.45) is 0 Å². The molecule has 23 heavy (non-hydrogen) atoms. The van der Waals surface area contributed by atoms with Gasteiger partial charge >= 0.3 is 5.97 Å². The van der Waals surface area contributed by atoms with E-state index in [-0.39, 0.29) is 17.0 Å². The third-order valence-electron chi connectivity index (χ3n) is 3.11. The number of aryl methyl sites for hydroxylation is 1. The molecule has 0 aliphatic heterocycles. The predicted molar refractivity (Wildman–Crippen MR) is 86.6 cm³/mol. The normalized spacial score (nSPS) is 10.2. The molecule has 0 unspecified atom stereocenters. The average Bonchev–Trinajstić information content (AvgIpc) is 2.51. The van der Waals surface area contributed by atoms with Gasteiger partial charge in [0, 0.05) is 21.7 Å². The number of nitro benzene ring substituents is 1. The summed E-state index contributed by atoms with van der Waals surface area (Å²) in [7, 11) is 0. The van der Waals surface area contributed by atoms with E-state index in [4.69, 9.17) is 4.74 Å². The van der Waals surface area contributed by atoms with Crippen molar-refractivity contribution in [2.75, 3.05) is 6.61 Å². The molecule has 0 amide bonds. The molecule has 7 heteroatoms. The highest BCUT2D eigenvalue weighted by atomic mass is 79.9. The quantitative estimate of drug-likeness (QED) is 0.343. The minimum absolute atomic E-state index is 0.0771. The van der Waals surface area contributed by atoms with Gasteiger partial charge in [0.1, 0.15) is 0 Å². The van der Waals surface area contributed by atoms with Gasteiger partial charge in [0.25, 0.3) is 5.69 Å². The molecule has 0 fully saturated rings. The summed E-state index contributed by atoms with van der Waals surface area (Å²) in [5.41, 5.74) is 0.858. The van der Waals surface area contributed by atoms with Gasteiger partial charge in [0.15, 0.2) is 12.4 Å². The van der Waals surface area contributed by atoms with Gasteiger partial charge in [-0.2, -0.15) is 0 Å². The van der Waals surface area contributed by atoms with Gasteiger partial charge in [0.05, 0.1) is 10.5 Å². The molecule has 2 aromatic rings. The van der Waals surface area contributed by atoms with E-state index in [1.165, 1.54) is 25.1 Å². The van der Waals surface area contributed by atoms with Crippen LogP contribution in [0.3, 0.4) is 0 Å². The maximum Gasteiger partial charge on any atom is 0.338 e. The number of rotatable bonds is 5. The fourth-order valence-electron chi connectivity index (χ4n) is 1.95. The van der Waals surface area contributed by atoms with Crippen LogP contribution in [0.1, 0.15) is 26.3 Å². The molecular weight excluding hydrogens is 366 g/mol. The lowest BCUT2D eigenvalue weighted by molar-refractivity contribution is -0.385. The Kier molecular flexibility index (Phi) is 5.23. The number of nitro groups is 1. The van der Waals surface area contributed by atoms with Crippen molar-refractivity contribution in [2.45, 2.75) is 6.92 Å². The van der Waals surface area contributed by atoms with E-state index >= 15 is 0 Å². The zero-order valence-corrected chi connectivity index (χ0v) is 13.7. The van der Waals surface area contributed by atoms with Crippen LogP contribution in [0.4, 0.5) is 5.69 Å². The maximum atomic E-state index is 12.0. The van der Waals surface area contributed by atoms with Crippen LogP contribution >= 0.6 is 15.9 Å². The number of carbonyl (C=O) groups excluding carboxylic acids is 2. The molecule has 0 spiro atoms. The Balaban J connectivity index is 2.04. The first-order chi connectivity index (χ1) is 10.9. The number of carbonyl (C=O) groups is 2. The monoisotopic (exact) mass is 377 g/mol. The molecule has 0 atom stereocenters. The second-order valence-corrected chi connectivity index (χ2v) is 5.68. The van der Waals surface area contributed by atoms with Crippen LogP contribution in [0, 0.1) is 17.0 Å². The van der Waals surface area contributed by atoms with Crippen molar-refractivity contribution in [1.29, 1.82) is 0 Å². The van der Waals surface area contributed by atoms with Gasteiger partial charge in [-0.15, -0.1) is 0 Å². The minimum atomic E-state index is -0.702. The van der Waals surface area contributed by atoms with Crippen LogP contribution in [0.25, 0.3) is 0 Å². The van der Waals surface area contributed by atoms with E-state index in [0.29, 0.717) is 11.1 Å². The molecule has 2 rings (SSSR count). The number of nitrogens with zero attached hydrogens (tertiary/aromatic N) is 1. The molecule has 0 radical (unpaired) electrons. The summed E-state index contributed by atoms with van der Waals surface area (Å²) >= 11 is 3.26. The number of Topliss-reactive ketones (excluding diaryl/α,β-unsaturated/α-hetero) is 1. The lowest BCUT2D eigenvalue weighted by Crippen LogP contribution is -2.14. The Morgan fingerprint density at radius 2 is 1.91 bits per heavy atom. The summed E-state index contributed by atoms with van der Waals surface area (Å²) in [6.07, 6.45) is 0. The number of ether oxygens (including phenoxy) is 1. The summed E-state index contributed by atoms with van der Waals surface area (Å²) in [6.45, 7) is 1.13. The third-order valence-corrected chi connectivity index (χ3v) is 3.60. The van der Waals surface area contributed by atoms with E-state index in [1.54, 1.807) is 24.3 Å². The molecule has 0 saturated heterocycles. The largest absolute Gasteiger partial charge is 0.454 e. The highest BCUT2D eigenvalue weighted by Crippen LogP contribution is 2.19. The van der Waals surface area contributed by atoms with Crippen LogP contribution in [0.2, 0.25) is 0 Å². The summed E-state index contributed by atoms with van der Waals surface area (Å²) in [5.74, 6) is -1.04. The molecule has 2 aromatic carbocycles. The summed E-state index contributed by atoms with van der Waals surface area (Å²) in [6, 6.07) is 10.6. The van der Waals surface area contributed by atoms with Crippen molar-refractivity contribution in [1.82, 2.24) is 0 Å². The lowest BCUT2D eigenvalue weighted by Gasteiger charge is -2.06. The van der Waals surface area contributed by atoms with Crippen LogP contribution in [0.15, 0.2) is 46.9 Å². The summed E-state index contributed by atoms with van der Waals surface area (Å²) < 4.78 is 5.72. The van der Waals surface area contributed by atoms with Crippen LogP contribution < -0.4 is 0 Å². The zero-order valence-electron chi connectivity index (χ0n) is 12.1. The molecule has 0 N–H and O–H groups in total. The van der Waals surface area contributed by atoms with Crippen molar-refractivity contribution in [3.8, 4) is 0 Å². The number of hydrogen-bond acceptors (Lipinski definition) is 5. The number of hydrogen-bond donors (Lipinski definition) is 0. The van der Waals surface area contributed by atoms with Gasteiger partial charge < -0.3 is 4.74 Å². The fraction of sp³-hybridized carbons (Fsp3) is 0.125. The second-order valence-electron chi connectivity index (χ2n) is 4.77. The first kappa shape index (κ1) is 16.8. The Morgan fingerprint density at radius 1 is 1.17 bits per heavy atom. The SMILES string of the molecule is Cc1cc(C(=O)OCC(=O)c2cccc(Br)c2)ccc1[N+](=O)[O-]. The first-order valence-electron chi connectivity index (χ1n) is 6.59. The molecule has 118 valence electrons. The van der Waals surface area contributed by atoms with E-state index in [1.807, 2.05) is 0 Å². The molecule has 0 aromatic heterocycles.